The van der Waals surface area contributed by atoms with Crippen molar-refractivity contribution in [2.45, 2.75) is 6.42 Å². The Morgan fingerprint density at radius 2 is 0.833 bits per heavy atom. The maximum atomic E-state index is 2.45. The third-order valence-electron chi connectivity index (χ3n) is 10.9. The summed E-state index contributed by atoms with van der Waals surface area (Å²) < 4.78 is 0. The summed E-state index contributed by atoms with van der Waals surface area (Å²) in [5.74, 6) is 0.382. The van der Waals surface area contributed by atoms with E-state index in [4.69, 9.17) is 0 Å². The van der Waals surface area contributed by atoms with Crippen molar-refractivity contribution in [3.05, 3.63) is 224 Å². The third-order valence-corrected chi connectivity index (χ3v) is 10.9. The highest BCUT2D eigenvalue weighted by atomic mass is 15.2. The zero-order valence-corrected chi connectivity index (χ0v) is 29.9. The normalized spacial score (nSPS) is 14.9. The first kappa shape index (κ1) is 31.8. The molecular formula is C52H38N2. The largest absolute Gasteiger partial charge is 0.310 e. The van der Waals surface area contributed by atoms with Crippen LogP contribution < -0.4 is 9.80 Å². The fourth-order valence-corrected chi connectivity index (χ4v) is 8.32. The lowest BCUT2D eigenvalue weighted by molar-refractivity contribution is 0.763. The van der Waals surface area contributed by atoms with E-state index in [1.165, 1.54) is 60.4 Å². The van der Waals surface area contributed by atoms with E-state index in [2.05, 4.69) is 222 Å². The number of fused-ring (bicyclic) bond motifs is 4. The molecule has 1 atom stereocenters. The molecule has 0 heterocycles. The maximum absolute atomic E-state index is 2.45. The molecular weight excluding hydrogens is 653 g/mol. The van der Waals surface area contributed by atoms with Gasteiger partial charge in [-0.2, -0.15) is 0 Å². The van der Waals surface area contributed by atoms with Crippen molar-refractivity contribution in [1.29, 1.82) is 0 Å². The monoisotopic (exact) mass is 690 g/mol. The van der Waals surface area contributed by atoms with Crippen LogP contribution >= 0.6 is 0 Å². The van der Waals surface area contributed by atoms with Gasteiger partial charge in [-0.05, 0) is 87.8 Å². The molecule has 2 aliphatic carbocycles. The van der Waals surface area contributed by atoms with Crippen LogP contribution in [0.5, 0.6) is 0 Å². The van der Waals surface area contributed by atoms with Crippen LogP contribution in [0.4, 0.5) is 28.4 Å². The second kappa shape index (κ2) is 13.6. The van der Waals surface area contributed by atoms with Gasteiger partial charge in [0, 0.05) is 39.1 Å². The minimum atomic E-state index is 0.382. The number of hydrogen-bond donors (Lipinski definition) is 0. The van der Waals surface area contributed by atoms with E-state index in [1.807, 2.05) is 0 Å². The summed E-state index contributed by atoms with van der Waals surface area (Å²) in [6.07, 6.45) is 14.6. The van der Waals surface area contributed by atoms with Crippen LogP contribution in [0, 0.1) is 5.92 Å². The smallest absolute Gasteiger partial charge is 0.0540 e. The molecule has 2 nitrogen and oxygen atoms in total. The predicted octanol–water partition coefficient (Wildman–Crippen LogP) is 14.4. The summed E-state index contributed by atoms with van der Waals surface area (Å²) in [5.41, 5.74) is 10.7. The molecule has 54 heavy (non-hydrogen) atoms. The minimum absolute atomic E-state index is 0.382. The quantitative estimate of drug-likeness (QED) is 0.164. The van der Waals surface area contributed by atoms with Crippen molar-refractivity contribution in [1.82, 2.24) is 0 Å². The summed E-state index contributed by atoms with van der Waals surface area (Å²) in [6, 6.07) is 63.9. The molecule has 0 aliphatic heterocycles. The van der Waals surface area contributed by atoms with E-state index in [9.17, 15) is 0 Å². The van der Waals surface area contributed by atoms with Gasteiger partial charge < -0.3 is 9.80 Å². The van der Waals surface area contributed by atoms with E-state index in [0.717, 1.165) is 29.2 Å². The topological polar surface area (TPSA) is 6.48 Å². The number of allylic oxidation sites excluding steroid dienone is 7. The highest BCUT2D eigenvalue weighted by Gasteiger charge is 2.25. The SMILES string of the molecule is C1=CC2=C(N(c3ccc(-c4ccc(N(c5cccc6ccccc56)c5cccc6ccccc56)cc4)cc3)c3cccc4ccccc34)C=CCC2C=C1. The Morgan fingerprint density at radius 3 is 1.35 bits per heavy atom. The van der Waals surface area contributed by atoms with Gasteiger partial charge in [0.25, 0.3) is 0 Å². The van der Waals surface area contributed by atoms with Crippen LogP contribution in [0.3, 0.4) is 0 Å². The summed E-state index contributed by atoms with van der Waals surface area (Å²) >= 11 is 0. The molecule has 0 saturated carbocycles. The van der Waals surface area contributed by atoms with Crippen LogP contribution in [-0.4, -0.2) is 0 Å². The van der Waals surface area contributed by atoms with Crippen molar-refractivity contribution in [3.63, 3.8) is 0 Å². The van der Waals surface area contributed by atoms with Crippen molar-refractivity contribution in [2.75, 3.05) is 9.80 Å². The molecule has 256 valence electrons. The number of anilines is 5. The first-order chi connectivity index (χ1) is 26.8. The van der Waals surface area contributed by atoms with Crippen molar-refractivity contribution < 1.29 is 0 Å². The van der Waals surface area contributed by atoms with Crippen LogP contribution in [-0.2, 0) is 0 Å². The molecule has 0 radical (unpaired) electrons. The Hall–Kier alpha value is -6.90. The van der Waals surface area contributed by atoms with Crippen LogP contribution in [0.15, 0.2) is 224 Å². The number of benzene rings is 8. The standard InChI is InChI=1S/C52H38N2/c1-5-21-45-39(13-1)17-9-25-49(45)53(50-26-10-18-40-14-2-6-22-46(40)50)43-33-29-37(30-34-43)38-31-35-44(36-32-38)54(51-27-11-19-41-15-3-7-23-47(41)51)52-28-12-20-42-16-4-8-24-48(42)52/h1-19,21-36,42H,20H2. The Balaban J connectivity index is 1.06. The van der Waals surface area contributed by atoms with E-state index >= 15 is 0 Å². The molecule has 2 heteroatoms. The Bertz CT molecular complexity index is 2710. The van der Waals surface area contributed by atoms with E-state index < -0.39 is 0 Å². The predicted molar refractivity (Wildman–Crippen MR) is 230 cm³/mol. The first-order valence-corrected chi connectivity index (χ1v) is 18.8. The summed E-state index contributed by atoms with van der Waals surface area (Å²) in [4.78, 5) is 4.86. The fourth-order valence-electron chi connectivity index (χ4n) is 8.32. The van der Waals surface area contributed by atoms with Gasteiger partial charge in [0.2, 0.25) is 0 Å². The number of nitrogens with zero attached hydrogens (tertiary/aromatic N) is 2. The number of rotatable bonds is 7. The molecule has 10 rings (SSSR count). The van der Waals surface area contributed by atoms with Gasteiger partial charge >= 0.3 is 0 Å². The van der Waals surface area contributed by atoms with Gasteiger partial charge in [-0.15, -0.1) is 0 Å². The van der Waals surface area contributed by atoms with Crippen molar-refractivity contribution >= 4 is 60.8 Å². The zero-order chi connectivity index (χ0) is 35.8. The molecule has 0 bridgehead atoms. The average molecular weight is 691 g/mol. The summed E-state index contributed by atoms with van der Waals surface area (Å²) in [7, 11) is 0. The van der Waals surface area contributed by atoms with Crippen LogP contribution in [0.1, 0.15) is 6.42 Å². The van der Waals surface area contributed by atoms with Gasteiger partial charge in [-0.25, -0.2) is 0 Å². The molecule has 8 aromatic carbocycles. The van der Waals surface area contributed by atoms with Gasteiger partial charge in [-0.1, -0.05) is 164 Å². The lowest BCUT2D eigenvalue weighted by atomic mass is 9.86. The molecule has 1 unspecified atom stereocenters. The third kappa shape index (κ3) is 5.60. The Labute approximate surface area is 316 Å². The van der Waals surface area contributed by atoms with Crippen LogP contribution in [0.25, 0.3) is 43.4 Å². The molecule has 0 N–H and O–H groups in total. The molecule has 0 aromatic heterocycles. The van der Waals surface area contributed by atoms with E-state index in [-0.39, 0.29) is 0 Å². The average Bonchev–Trinajstić information content (AvgIpc) is 3.25. The lowest BCUT2D eigenvalue weighted by Crippen LogP contribution is -2.21. The van der Waals surface area contributed by atoms with Gasteiger partial charge in [0.15, 0.2) is 0 Å². The molecule has 0 spiro atoms. The molecule has 8 aromatic rings. The van der Waals surface area contributed by atoms with Crippen molar-refractivity contribution in [3.8, 4) is 11.1 Å². The van der Waals surface area contributed by atoms with Gasteiger partial charge in [0.05, 0.1) is 17.1 Å². The fraction of sp³-hybridized carbons (Fsp3) is 0.0385. The Kier molecular flexibility index (Phi) is 8.00. The van der Waals surface area contributed by atoms with Crippen LogP contribution in [0.2, 0.25) is 0 Å². The van der Waals surface area contributed by atoms with Gasteiger partial charge in [0.1, 0.15) is 0 Å². The van der Waals surface area contributed by atoms with Gasteiger partial charge in [-0.3, -0.25) is 0 Å². The second-order valence-corrected chi connectivity index (χ2v) is 14.1. The number of hydrogen-bond acceptors (Lipinski definition) is 2. The summed E-state index contributed by atoms with van der Waals surface area (Å²) in [6.45, 7) is 0. The second-order valence-electron chi connectivity index (χ2n) is 14.1. The molecule has 0 saturated heterocycles. The Morgan fingerprint density at radius 1 is 0.389 bits per heavy atom. The zero-order valence-electron chi connectivity index (χ0n) is 29.9. The van der Waals surface area contributed by atoms with E-state index in [0.29, 0.717) is 5.92 Å². The highest BCUT2D eigenvalue weighted by molar-refractivity contribution is 6.05. The molecule has 0 amide bonds. The van der Waals surface area contributed by atoms with E-state index in [1.54, 1.807) is 0 Å². The highest BCUT2D eigenvalue weighted by Crippen LogP contribution is 2.44. The minimum Gasteiger partial charge on any atom is -0.310 e. The maximum Gasteiger partial charge on any atom is 0.0540 e. The molecule has 0 fully saturated rings. The summed E-state index contributed by atoms with van der Waals surface area (Å²) in [5, 5.41) is 7.36. The lowest BCUT2D eigenvalue weighted by Gasteiger charge is -2.33. The van der Waals surface area contributed by atoms with Crippen molar-refractivity contribution in [2.24, 2.45) is 5.92 Å². The molecule has 2 aliphatic rings. The first-order valence-electron chi connectivity index (χ1n) is 18.8.